The van der Waals surface area contributed by atoms with Crippen molar-refractivity contribution < 1.29 is 58.9 Å². The van der Waals surface area contributed by atoms with E-state index >= 15 is 0 Å². The molecule has 0 spiro atoms. The Bertz CT molecular complexity index is 822. The van der Waals surface area contributed by atoms with E-state index in [-0.39, 0.29) is 58.9 Å². The molecule has 3 rings (SSSR count). The number of hydrogen-bond acceptors (Lipinski definition) is 0. The molecule has 0 atom stereocenters. The van der Waals surface area contributed by atoms with Gasteiger partial charge in [0.2, 0.25) is 0 Å². The molecular formula is C25H31Cl3SiTi. The minimum absolute atomic E-state index is 0. The van der Waals surface area contributed by atoms with Crippen LogP contribution in [0.5, 0.6) is 0 Å². The first-order valence-electron chi connectivity index (χ1n) is 10.0. The van der Waals surface area contributed by atoms with Crippen LogP contribution in [0.15, 0.2) is 53.2 Å². The zero-order chi connectivity index (χ0) is 18.5. The van der Waals surface area contributed by atoms with Crippen LogP contribution in [-0.2, 0) is 21.7 Å². The first kappa shape index (κ1) is 31.9. The van der Waals surface area contributed by atoms with Crippen molar-refractivity contribution >= 4 is 20.3 Å². The first-order chi connectivity index (χ1) is 12.6. The van der Waals surface area contributed by atoms with Gasteiger partial charge in [0.25, 0.3) is 0 Å². The zero-order valence-electron chi connectivity index (χ0n) is 18.4. The van der Waals surface area contributed by atoms with Crippen molar-refractivity contribution in [2.75, 3.05) is 0 Å². The number of unbranched alkanes of at least 4 members (excludes halogenated alkanes) is 2. The summed E-state index contributed by atoms with van der Waals surface area (Å²) in [6.45, 7) is 9.05. The molecule has 0 bridgehead atoms. The second kappa shape index (κ2) is 15.5. The molecule has 5 heteroatoms. The van der Waals surface area contributed by atoms with Crippen LogP contribution in [0.3, 0.4) is 0 Å². The average molecular weight is 514 g/mol. The summed E-state index contributed by atoms with van der Waals surface area (Å²) in [6, 6.07) is 15.6. The summed E-state index contributed by atoms with van der Waals surface area (Å²) in [5, 5.41) is 3.21. The van der Waals surface area contributed by atoms with Crippen LogP contribution in [0, 0.1) is 26.8 Å². The van der Waals surface area contributed by atoms with Crippen LogP contribution in [-0.4, -0.2) is 9.52 Å². The fraction of sp³-hybridized carbons (Fsp3) is 0.360. The molecule has 2 aromatic carbocycles. The third-order valence-corrected chi connectivity index (χ3v) is 7.78. The molecule has 0 heterocycles. The van der Waals surface area contributed by atoms with Gasteiger partial charge >= 0.3 is 21.7 Å². The second-order valence-electron chi connectivity index (χ2n) is 7.76. The van der Waals surface area contributed by atoms with E-state index in [1.54, 1.807) is 16.0 Å². The number of rotatable bonds is 7. The molecule has 0 saturated heterocycles. The molecule has 0 N–H and O–H groups in total. The number of benzene rings is 2. The van der Waals surface area contributed by atoms with Gasteiger partial charge in [-0.1, -0.05) is 91.2 Å². The standard InChI is InChI=1S/C25H31Si.3ClH.Ti/c1-5-6-8-13-22-16-23(17-24(22)21-11-9-7-10-12-21)26-25-19(3)14-18(2)15-20(25)4;;;;/h7,9-12,14-15H,5-6,8,13,16,26H2,1-4H3;3*1H;/q-1;;;;+4/p-3. The van der Waals surface area contributed by atoms with Crippen molar-refractivity contribution in [2.24, 2.45) is 0 Å². The van der Waals surface area contributed by atoms with Crippen LogP contribution >= 0.6 is 0 Å². The van der Waals surface area contributed by atoms with E-state index in [4.69, 9.17) is 0 Å². The van der Waals surface area contributed by atoms with Gasteiger partial charge in [-0.25, -0.2) is 0 Å². The topological polar surface area (TPSA) is 0 Å². The quantitative estimate of drug-likeness (QED) is 0.205. The van der Waals surface area contributed by atoms with Gasteiger partial charge < -0.3 is 37.2 Å². The SMILES string of the molecule is CCCCCC1=C(c2ccccc2)[C-]=C([SiH2]c2c(C)cc(C)cc2C)C1.[Cl-].[Cl-].[Cl-].[Ti+4]. The minimum atomic E-state index is -0.442. The van der Waals surface area contributed by atoms with Gasteiger partial charge in [0.15, 0.2) is 0 Å². The number of allylic oxidation sites excluding steroid dienone is 4. The van der Waals surface area contributed by atoms with E-state index in [0.717, 1.165) is 6.42 Å². The molecule has 160 valence electrons. The van der Waals surface area contributed by atoms with Crippen molar-refractivity contribution in [3.05, 3.63) is 81.6 Å². The molecule has 0 radical (unpaired) electrons. The smallest absolute Gasteiger partial charge is 1.00 e. The Kier molecular flexibility index (Phi) is 16.5. The molecule has 0 nitrogen and oxygen atoms in total. The Morgan fingerprint density at radius 2 is 1.50 bits per heavy atom. The van der Waals surface area contributed by atoms with E-state index in [9.17, 15) is 0 Å². The van der Waals surface area contributed by atoms with Crippen LogP contribution in [0.1, 0.15) is 61.3 Å². The van der Waals surface area contributed by atoms with Crippen molar-refractivity contribution in [1.29, 1.82) is 0 Å². The third kappa shape index (κ3) is 8.34. The van der Waals surface area contributed by atoms with Crippen LogP contribution in [0.4, 0.5) is 0 Å². The normalized spacial score (nSPS) is 12.6. The Morgan fingerprint density at radius 1 is 0.900 bits per heavy atom. The summed E-state index contributed by atoms with van der Waals surface area (Å²) in [6.07, 6.45) is 10.2. The molecular weight excluding hydrogens is 483 g/mol. The molecule has 0 aliphatic heterocycles. The maximum Gasteiger partial charge on any atom is 4.00 e. The molecule has 0 unspecified atom stereocenters. The van der Waals surface area contributed by atoms with E-state index in [2.05, 4.69) is 76.2 Å². The molecule has 0 aromatic heterocycles. The van der Waals surface area contributed by atoms with Gasteiger partial charge in [-0.15, -0.1) is 22.9 Å². The summed E-state index contributed by atoms with van der Waals surface area (Å²) in [5.41, 5.74) is 8.69. The first-order valence-corrected chi connectivity index (χ1v) is 11.5. The fourth-order valence-corrected chi connectivity index (χ4v) is 6.03. The van der Waals surface area contributed by atoms with Crippen molar-refractivity contribution in [3.8, 4) is 0 Å². The molecule has 1 aliphatic rings. The third-order valence-electron chi connectivity index (χ3n) is 5.46. The molecule has 0 saturated carbocycles. The van der Waals surface area contributed by atoms with Gasteiger partial charge in [-0.2, -0.15) is 17.2 Å². The maximum absolute atomic E-state index is 3.86. The van der Waals surface area contributed by atoms with E-state index < -0.39 is 9.52 Å². The second-order valence-corrected chi connectivity index (χ2v) is 9.68. The van der Waals surface area contributed by atoms with Crippen LogP contribution < -0.4 is 42.4 Å². The van der Waals surface area contributed by atoms with Gasteiger partial charge in [0.1, 0.15) is 0 Å². The largest absolute Gasteiger partial charge is 4.00 e. The Balaban J connectivity index is 0. The average Bonchev–Trinajstić information content (AvgIpc) is 3.02. The minimum Gasteiger partial charge on any atom is -1.00 e. The summed E-state index contributed by atoms with van der Waals surface area (Å²) in [7, 11) is -0.442. The van der Waals surface area contributed by atoms with E-state index in [1.807, 2.05) is 0 Å². The monoisotopic (exact) mass is 512 g/mol. The summed E-state index contributed by atoms with van der Waals surface area (Å²) < 4.78 is 0. The van der Waals surface area contributed by atoms with Crippen LogP contribution in [0.2, 0.25) is 0 Å². The van der Waals surface area contributed by atoms with E-state index in [1.165, 1.54) is 53.5 Å². The van der Waals surface area contributed by atoms with Crippen molar-refractivity contribution in [3.63, 3.8) is 0 Å². The predicted molar refractivity (Wildman–Crippen MR) is 118 cm³/mol. The Morgan fingerprint density at radius 3 is 2.07 bits per heavy atom. The number of hydrogen-bond donors (Lipinski definition) is 0. The summed E-state index contributed by atoms with van der Waals surface area (Å²) in [4.78, 5) is 0. The molecule has 2 aromatic rings. The Hall–Kier alpha value is -0.279. The number of halogens is 3. The molecule has 0 amide bonds. The molecule has 30 heavy (non-hydrogen) atoms. The summed E-state index contributed by atoms with van der Waals surface area (Å²) in [5.74, 6) is 0. The van der Waals surface area contributed by atoms with Crippen LogP contribution in [0.25, 0.3) is 5.57 Å². The summed E-state index contributed by atoms with van der Waals surface area (Å²) >= 11 is 0. The maximum atomic E-state index is 3.86. The van der Waals surface area contributed by atoms with Crippen molar-refractivity contribution in [1.82, 2.24) is 0 Å². The zero-order valence-corrected chi connectivity index (χ0v) is 23.7. The predicted octanol–water partition coefficient (Wildman–Crippen LogP) is -3.46. The van der Waals surface area contributed by atoms with Gasteiger partial charge in [-0.05, 0) is 20.8 Å². The van der Waals surface area contributed by atoms with Crippen molar-refractivity contribution in [2.45, 2.75) is 59.8 Å². The Labute approximate surface area is 219 Å². The van der Waals surface area contributed by atoms with Gasteiger partial charge in [0.05, 0.1) is 9.52 Å². The fourth-order valence-electron chi connectivity index (χ4n) is 4.15. The number of aryl methyl sites for hydroxylation is 3. The van der Waals surface area contributed by atoms with E-state index in [0.29, 0.717) is 0 Å². The van der Waals surface area contributed by atoms with Gasteiger partial charge in [0, 0.05) is 0 Å². The molecule has 1 aliphatic carbocycles. The van der Waals surface area contributed by atoms with Gasteiger partial charge in [-0.3, -0.25) is 0 Å². The molecule has 0 fully saturated rings.